The first-order valence-electron chi connectivity index (χ1n) is 6.06. The molecule has 1 amide bonds. The van der Waals surface area contributed by atoms with Crippen molar-refractivity contribution in [1.29, 1.82) is 0 Å². The van der Waals surface area contributed by atoms with Gasteiger partial charge in [0.25, 0.3) is 11.6 Å². The Kier molecular flexibility index (Phi) is 4.62. The van der Waals surface area contributed by atoms with Gasteiger partial charge in [-0.3, -0.25) is 14.9 Å². The number of hydrogen-bond acceptors (Lipinski definition) is 4. The number of amides is 1. The van der Waals surface area contributed by atoms with Crippen LogP contribution in [-0.2, 0) is 0 Å². The van der Waals surface area contributed by atoms with Crippen LogP contribution in [0.2, 0.25) is 0 Å². The maximum Gasteiger partial charge on any atom is 0.387 e. The van der Waals surface area contributed by atoms with Crippen LogP contribution < -0.4 is 10.1 Å². The fourth-order valence-electron chi connectivity index (χ4n) is 1.66. The van der Waals surface area contributed by atoms with Crippen molar-refractivity contribution in [3.05, 3.63) is 64.2 Å². The first-order valence-corrected chi connectivity index (χ1v) is 6.06. The van der Waals surface area contributed by atoms with Gasteiger partial charge in [0, 0.05) is 23.4 Å². The van der Waals surface area contributed by atoms with Gasteiger partial charge in [0.05, 0.1) is 4.92 Å². The summed E-state index contributed by atoms with van der Waals surface area (Å²) in [6, 6.07) is 10.5. The third kappa shape index (κ3) is 3.98. The Hall–Kier alpha value is -3.03. The minimum absolute atomic E-state index is 0.0247. The maximum atomic E-state index is 12.0. The molecule has 0 radical (unpaired) electrons. The van der Waals surface area contributed by atoms with Crippen molar-refractivity contribution in [2.45, 2.75) is 6.61 Å². The minimum Gasteiger partial charge on any atom is -0.435 e. The van der Waals surface area contributed by atoms with E-state index in [2.05, 4.69) is 10.1 Å². The van der Waals surface area contributed by atoms with E-state index in [4.69, 9.17) is 0 Å². The molecule has 0 saturated carbocycles. The molecule has 8 heteroatoms. The van der Waals surface area contributed by atoms with Gasteiger partial charge in [-0.15, -0.1) is 0 Å². The van der Waals surface area contributed by atoms with E-state index < -0.39 is 17.4 Å². The highest BCUT2D eigenvalue weighted by molar-refractivity contribution is 6.04. The van der Waals surface area contributed by atoms with Gasteiger partial charge in [0.2, 0.25) is 0 Å². The quantitative estimate of drug-likeness (QED) is 0.677. The zero-order valence-electron chi connectivity index (χ0n) is 11.0. The van der Waals surface area contributed by atoms with E-state index in [0.717, 1.165) is 0 Å². The number of non-ortho nitro benzene ring substituents is 1. The summed E-state index contributed by atoms with van der Waals surface area (Å²) >= 11 is 0. The van der Waals surface area contributed by atoms with Crippen LogP contribution >= 0.6 is 0 Å². The van der Waals surface area contributed by atoms with Crippen LogP contribution in [-0.4, -0.2) is 17.4 Å². The number of alkyl halides is 2. The summed E-state index contributed by atoms with van der Waals surface area (Å²) in [6.45, 7) is -2.92. The van der Waals surface area contributed by atoms with Gasteiger partial charge in [0.1, 0.15) is 5.75 Å². The molecule has 0 aliphatic carbocycles. The van der Waals surface area contributed by atoms with Crippen molar-refractivity contribution in [2.75, 3.05) is 5.32 Å². The molecule has 0 fully saturated rings. The number of nitro groups is 1. The number of nitrogens with zero attached hydrogens (tertiary/aromatic N) is 1. The zero-order valence-corrected chi connectivity index (χ0v) is 11.0. The normalized spacial score (nSPS) is 10.3. The molecule has 0 unspecified atom stereocenters. The SMILES string of the molecule is O=C(Nc1ccc(OC(F)F)cc1)c1ccc([N+](=O)[O-])cc1. The standard InChI is InChI=1S/C14H10F2N2O4/c15-14(16)22-12-7-3-10(4-8-12)17-13(19)9-1-5-11(6-2-9)18(20)21/h1-8,14H,(H,17,19). The molecule has 0 atom stereocenters. The Morgan fingerprint density at radius 2 is 1.68 bits per heavy atom. The second kappa shape index (κ2) is 6.61. The van der Waals surface area contributed by atoms with Crippen molar-refractivity contribution in [1.82, 2.24) is 0 Å². The van der Waals surface area contributed by atoms with Crippen molar-refractivity contribution >= 4 is 17.3 Å². The first-order chi connectivity index (χ1) is 10.5. The van der Waals surface area contributed by atoms with Gasteiger partial charge in [-0.25, -0.2) is 0 Å². The molecule has 2 rings (SSSR count). The first kappa shape index (κ1) is 15.4. The highest BCUT2D eigenvalue weighted by Gasteiger charge is 2.10. The molecule has 0 aliphatic rings. The fourth-order valence-corrected chi connectivity index (χ4v) is 1.66. The third-order valence-corrected chi connectivity index (χ3v) is 2.68. The minimum atomic E-state index is -2.92. The van der Waals surface area contributed by atoms with Gasteiger partial charge in [0.15, 0.2) is 0 Å². The number of anilines is 1. The van der Waals surface area contributed by atoms with Crippen LogP contribution in [0.25, 0.3) is 0 Å². The molecule has 0 aromatic heterocycles. The summed E-state index contributed by atoms with van der Waals surface area (Å²) in [5.74, 6) is -0.499. The molecular weight excluding hydrogens is 298 g/mol. The lowest BCUT2D eigenvalue weighted by molar-refractivity contribution is -0.384. The van der Waals surface area contributed by atoms with Gasteiger partial charge in [-0.2, -0.15) is 8.78 Å². The van der Waals surface area contributed by atoms with Crippen LogP contribution in [0.5, 0.6) is 5.75 Å². The summed E-state index contributed by atoms with van der Waals surface area (Å²) in [4.78, 5) is 21.9. The second-order valence-corrected chi connectivity index (χ2v) is 4.16. The second-order valence-electron chi connectivity index (χ2n) is 4.16. The van der Waals surface area contributed by atoms with Crippen molar-refractivity contribution in [3.63, 3.8) is 0 Å². The van der Waals surface area contributed by atoms with Gasteiger partial charge in [-0.1, -0.05) is 0 Å². The highest BCUT2D eigenvalue weighted by atomic mass is 19.3. The average Bonchev–Trinajstić information content (AvgIpc) is 2.49. The number of ether oxygens (including phenoxy) is 1. The lowest BCUT2D eigenvalue weighted by Gasteiger charge is -2.07. The summed E-state index contributed by atoms with van der Waals surface area (Å²) in [5, 5.41) is 13.1. The monoisotopic (exact) mass is 308 g/mol. The average molecular weight is 308 g/mol. The molecule has 2 aromatic rings. The van der Waals surface area contributed by atoms with Crippen LogP contribution in [0, 0.1) is 10.1 Å². The van der Waals surface area contributed by atoms with E-state index in [-0.39, 0.29) is 17.0 Å². The molecule has 22 heavy (non-hydrogen) atoms. The number of rotatable bonds is 5. The number of benzene rings is 2. The smallest absolute Gasteiger partial charge is 0.387 e. The van der Waals surface area contributed by atoms with E-state index in [0.29, 0.717) is 5.69 Å². The number of hydrogen-bond donors (Lipinski definition) is 1. The van der Waals surface area contributed by atoms with Crippen LogP contribution in [0.3, 0.4) is 0 Å². The van der Waals surface area contributed by atoms with E-state index in [1.807, 2.05) is 0 Å². The summed E-state index contributed by atoms with van der Waals surface area (Å²) in [5.41, 5.74) is 0.494. The molecule has 0 spiro atoms. The van der Waals surface area contributed by atoms with Crippen LogP contribution in [0.15, 0.2) is 48.5 Å². The van der Waals surface area contributed by atoms with Crippen molar-refractivity contribution in [2.24, 2.45) is 0 Å². The Morgan fingerprint density at radius 1 is 1.09 bits per heavy atom. The Balaban J connectivity index is 2.03. The van der Waals surface area contributed by atoms with E-state index in [9.17, 15) is 23.7 Å². The Morgan fingerprint density at radius 3 is 2.18 bits per heavy atom. The van der Waals surface area contributed by atoms with Gasteiger partial charge < -0.3 is 10.1 Å². The lowest BCUT2D eigenvalue weighted by atomic mass is 10.2. The van der Waals surface area contributed by atoms with Crippen molar-refractivity contribution in [3.8, 4) is 5.75 Å². The largest absolute Gasteiger partial charge is 0.435 e. The van der Waals surface area contributed by atoms with E-state index in [1.165, 1.54) is 48.5 Å². The fraction of sp³-hybridized carbons (Fsp3) is 0.0714. The lowest BCUT2D eigenvalue weighted by Crippen LogP contribution is -2.11. The van der Waals surface area contributed by atoms with Gasteiger partial charge in [-0.05, 0) is 36.4 Å². The number of carbonyl (C=O) groups excluding carboxylic acids is 1. The maximum absolute atomic E-state index is 12.0. The Bertz CT molecular complexity index is 672. The number of carbonyl (C=O) groups is 1. The van der Waals surface area contributed by atoms with Crippen LogP contribution in [0.1, 0.15) is 10.4 Å². The molecule has 0 saturated heterocycles. The summed E-state index contributed by atoms with van der Waals surface area (Å²) < 4.78 is 28.2. The summed E-state index contributed by atoms with van der Waals surface area (Å²) in [7, 11) is 0. The number of nitrogens with one attached hydrogen (secondary N) is 1. The third-order valence-electron chi connectivity index (χ3n) is 2.68. The molecule has 6 nitrogen and oxygen atoms in total. The summed E-state index contributed by atoms with van der Waals surface area (Å²) in [6.07, 6.45) is 0. The number of nitro benzene ring substituents is 1. The zero-order chi connectivity index (χ0) is 16.1. The molecule has 2 aromatic carbocycles. The Labute approximate surface area is 123 Å². The molecule has 114 valence electrons. The van der Waals surface area contributed by atoms with Crippen molar-refractivity contribution < 1.29 is 23.2 Å². The molecule has 1 N–H and O–H groups in total. The van der Waals surface area contributed by atoms with E-state index >= 15 is 0 Å². The predicted molar refractivity (Wildman–Crippen MR) is 74.1 cm³/mol. The van der Waals surface area contributed by atoms with Crippen LogP contribution in [0.4, 0.5) is 20.2 Å². The van der Waals surface area contributed by atoms with E-state index in [1.54, 1.807) is 0 Å². The van der Waals surface area contributed by atoms with Gasteiger partial charge >= 0.3 is 6.61 Å². The topological polar surface area (TPSA) is 81.5 Å². The molecular formula is C14H10F2N2O4. The molecule has 0 aliphatic heterocycles. The number of halogens is 2. The molecule has 0 heterocycles. The highest BCUT2D eigenvalue weighted by Crippen LogP contribution is 2.19. The predicted octanol–water partition coefficient (Wildman–Crippen LogP) is 3.45. The molecule has 0 bridgehead atoms.